The fraction of sp³-hybridized carbons (Fsp3) is 0.278. The van der Waals surface area contributed by atoms with E-state index in [1.165, 1.54) is 5.56 Å². The van der Waals surface area contributed by atoms with E-state index >= 15 is 0 Å². The van der Waals surface area contributed by atoms with Crippen LogP contribution in [0.25, 0.3) is 0 Å². The molecule has 5 nitrogen and oxygen atoms in total. The number of ether oxygens (including phenoxy) is 2. The molecular weight excluding hydrogens is 290 g/mol. The van der Waals surface area contributed by atoms with Gasteiger partial charge in [0, 0.05) is 20.6 Å². The molecule has 0 amide bonds. The summed E-state index contributed by atoms with van der Waals surface area (Å²) in [7, 11) is 5.40. The quantitative estimate of drug-likeness (QED) is 0.658. The molecule has 2 aromatic carbocycles. The first-order valence-corrected chi connectivity index (χ1v) is 7.46. The van der Waals surface area contributed by atoms with Gasteiger partial charge in [0.05, 0.1) is 7.11 Å². The lowest BCUT2D eigenvalue weighted by Gasteiger charge is -2.10. The minimum atomic E-state index is 0.546. The van der Waals surface area contributed by atoms with Gasteiger partial charge in [0.2, 0.25) is 0 Å². The number of nitrogens with zero attached hydrogens (tertiary/aromatic N) is 2. The van der Waals surface area contributed by atoms with Crippen LogP contribution in [0.3, 0.4) is 0 Å². The van der Waals surface area contributed by atoms with Gasteiger partial charge in [-0.15, -0.1) is 0 Å². The van der Waals surface area contributed by atoms with Crippen LogP contribution in [0.1, 0.15) is 5.56 Å². The van der Waals surface area contributed by atoms with Crippen molar-refractivity contribution >= 4 is 5.96 Å². The predicted octanol–water partition coefficient (Wildman–Crippen LogP) is 2.91. The van der Waals surface area contributed by atoms with Crippen molar-refractivity contribution in [3.05, 3.63) is 54.1 Å². The van der Waals surface area contributed by atoms with Crippen LogP contribution in [0.2, 0.25) is 0 Å². The zero-order valence-corrected chi connectivity index (χ0v) is 13.8. The molecule has 0 atom stereocenters. The van der Waals surface area contributed by atoms with Crippen molar-refractivity contribution in [3.63, 3.8) is 0 Å². The molecule has 0 saturated carbocycles. The standard InChI is InChI=1S/C18H23N3O2/c1-21(2)18(19)20-13-12-14-4-6-16(7-5-14)23-17-10-8-15(22-3)9-11-17/h4-11H,12-13H2,1-3H3,(H2,19,20). The maximum absolute atomic E-state index is 5.80. The zero-order valence-electron chi connectivity index (χ0n) is 13.8. The van der Waals surface area contributed by atoms with Gasteiger partial charge in [0.1, 0.15) is 17.2 Å². The van der Waals surface area contributed by atoms with Crippen LogP contribution < -0.4 is 15.2 Å². The number of benzene rings is 2. The Labute approximate surface area is 137 Å². The maximum atomic E-state index is 5.80. The molecule has 0 aliphatic heterocycles. The minimum absolute atomic E-state index is 0.546. The Balaban J connectivity index is 1.90. The van der Waals surface area contributed by atoms with Crippen molar-refractivity contribution in [2.45, 2.75) is 6.42 Å². The van der Waals surface area contributed by atoms with Crippen molar-refractivity contribution in [3.8, 4) is 17.2 Å². The lowest BCUT2D eigenvalue weighted by Crippen LogP contribution is -2.30. The van der Waals surface area contributed by atoms with Crippen molar-refractivity contribution in [1.82, 2.24) is 4.90 Å². The molecule has 0 spiro atoms. The van der Waals surface area contributed by atoms with Crippen LogP contribution in [0, 0.1) is 0 Å². The van der Waals surface area contributed by atoms with E-state index in [2.05, 4.69) is 4.99 Å². The van der Waals surface area contributed by atoms with Crippen LogP contribution >= 0.6 is 0 Å². The van der Waals surface area contributed by atoms with Gasteiger partial charge in [-0.1, -0.05) is 12.1 Å². The third kappa shape index (κ3) is 5.21. The van der Waals surface area contributed by atoms with Gasteiger partial charge in [-0.3, -0.25) is 4.99 Å². The molecular formula is C18H23N3O2. The average molecular weight is 313 g/mol. The summed E-state index contributed by atoms with van der Waals surface area (Å²) in [4.78, 5) is 6.10. The van der Waals surface area contributed by atoms with E-state index < -0.39 is 0 Å². The molecule has 122 valence electrons. The van der Waals surface area contributed by atoms with E-state index in [1.54, 1.807) is 12.0 Å². The largest absolute Gasteiger partial charge is 0.497 e. The van der Waals surface area contributed by atoms with Gasteiger partial charge in [-0.05, 0) is 48.4 Å². The van der Waals surface area contributed by atoms with Crippen molar-refractivity contribution < 1.29 is 9.47 Å². The highest BCUT2D eigenvalue weighted by atomic mass is 16.5. The first kappa shape index (κ1) is 16.7. The summed E-state index contributed by atoms with van der Waals surface area (Å²) in [5.74, 6) is 2.94. The number of hydrogen-bond acceptors (Lipinski definition) is 3. The number of hydrogen-bond donors (Lipinski definition) is 1. The van der Waals surface area contributed by atoms with Gasteiger partial charge in [-0.2, -0.15) is 0 Å². The van der Waals surface area contributed by atoms with E-state index in [1.807, 2.05) is 62.6 Å². The Morgan fingerprint density at radius 3 is 2.00 bits per heavy atom. The Morgan fingerprint density at radius 2 is 1.48 bits per heavy atom. The Hall–Kier alpha value is -2.69. The summed E-state index contributed by atoms with van der Waals surface area (Å²) in [6.07, 6.45) is 0.845. The first-order chi connectivity index (χ1) is 11.1. The second-order valence-electron chi connectivity index (χ2n) is 5.31. The second-order valence-corrected chi connectivity index (χ2v) is 5.31. The summed E-state index contributed by atoms with van der Waals surface area (Å²) in [5.41, 5.74) is 6.95. The molecule has 5 heteroatoms. The van der Waals surface area contributed by atoms with E-state index in [0.29, 0.717) is 12.5 Å². The van der Waals surface area contributed by atoms with Crippen LogP contribution in [0.15, 0.2) is 53.5 Å². The fourth-order valence-electron chi connectivity index (χ4n) is 1.94. The van der Waals surface area contributed by atoms with E-state index in [4.69, 9.17) is 15.2 Å². The lowest BCUT2D eigenvalue weighted by molar-refractivity contribution is 0.413. The molecule has 0 bridgehead atoms. The predicted molar refractivity (Wildman–Crippen MR) is 93.4 cm³/mol. The van der Waals surface area contributed by atoms with Crippen molar-refractivity contribution in [1.29, 1.82) is 0 Å². The maximum Gasteiger partial charge on any atom is 0.190 e. The normalized spacial score (nSPS) is 11.2. The SMILES string of the molecule is COc1ccc(Oc2ccc(CCN=C(N)N(C)C)cc2)cc1. The number of methoxy groups -OCH3 is 1. The minimum Gasteiger partial charge on any atom is -0.497 e. The topological polar surface area (TPSA) is 60.1 Å². The summed E-state index contributed by atoms with van der Waals surface area (Å²) < 4.78 is 10.9. The molecule has 23 heavy (non-hydrogen) atoms. The molecule has 0 unspecified atom stereocenters. The third-order valence-electron chi connectivity index (χ3n) is 3.35. The van der Waals surface area contributed by atoms with Gasteiger partial charge in [0.25, 0.3) is 0 Å². The van der Waals surface area contributed by atoms with E-state index in [-0.39, 0.29) is 0 Å². The Bertz CT molecular complexity index is 634. The molecule has 0 aliphatic rings. The number of rotatable bonds is 6. The van der Waals surface area contributed by atoms with Crippen LogP contribution in [0.4, 0.5) is 0 Å². The van der Waals surface area contributed by atoms with Gasteiger partial charge in [-0.25, -0.2) is 0 Å². The first-order valence-electron chi connectivity index (χ1n) is 7.46. The van der Waals surface area contributed by atoms with Crippen LogP contribution in [-0.4, -0.2) is 38.6 Å². The number of nitrogens with two attached hydrogens (primary N) is 1. The molecule has 0 aliphatic carbocycles. The van der Waals surface area contributed by atoms with Crippen LogP contribution in [-0.2, 0) is 6.42 Å². The molecule has 0 fully saturated rings. The molecule has 2 rings (SSSR count). The Kier molecular flexibility index (Phi) is 5.86. The summed E-state index contributed by atoms with van der Waals surface area (Å²) >= 11 is 0. The van der Waals surface area contributed by atoms with Gasteiger partial charge < -0.3 is 20.1 Å². The van der Waals surface area contributed by atoms with E-state index in [9.17, 15) is 0 Å². The van der Waals surface area contributed by atoms with E-state index in [0.717, 1.165) is 23.7 Å². The molecule has 0 radical (unpaired) electrons. The zero-order chi connectivity index (χ0) is 16.7. The fourth-order valence-corrected chi connectivity index (χ4v) is 1.94. The van der Waals surface area contributed by atoms with Crippen LogP contribution in [0.5, 0.6) is 17.2 Å². The molecule has 0 saturated heterocycles. The highest BCUT2D eigenvalue weighted by molar-refractivity contribution is 5.77. The summed E-state index contributed by atoms with van der Waals surface area (Å²) in [5, 5.41) is 0. The highest BCUT2D eigenvalue weighted by Gasteiger charge is 2.00. The molecule has 0 aromatic heterocycles. The smallest absolute Gasteiger partial charge is 0.190 e. The summed E-state index contributed by atoms with van der Waals surface area (Å²) in [6, 6.07) is 15.5. The summed E-state index contributed by atoms with van der Waals surface area (Å²) in [6.45, 7) is 0.669. The molecule has 0 heterocycles. The average Bonchev–Trinajstić information content (AvgIpc) is 2.57. The Morgan fingerprint density at radius 1 is 0.957 bits per heavy atom. The van der Waals surface area contributed by atoms with Gasteiger partial charge >= 0.3 is 0 Å². The molecule has 2 N–H and O–H groups in total. The third-order valence-corrected chi connectivity index (χ3v) is 3.35. The van der Waals surface area contributed by atoms with Gasteiger partial charge in [0.15, 0.2) is 5.96 Å². The molecule has 2 aromatic rings. The number of aliphatic imine (C=N–C) groups is 1. The monoisotopic (exact) mass is 313 g/mol. The number of guanidine groups is 1. The second kappa shape index (κ2) is 8.08. The lowest BCUT2D eigenvalue weighted by atomic mass is 10.1. The highest BCUT2D eigenvalue weighted by Crippen LogP contribution is 2.24. The van der Waals surface area contributed by atoms with Crippen molar-refractivity contribution in [2.24, 2.45) is 10.7 Å². The van der Waals surface area contributed by atoms with Crippen molar-refractivity contribution in [2.75, 3.05) is 27.7 Å².